The molecule has 0 radical (unpaired) electrons. The Hall–Kier alpha value is -1.73. The van der Waals surface area contributed by atoms with Crippen LogP contribution in [0.4, 0.5) is 0 Å². The van der Waals surface area contributed by atoms with Crippen molar-refractivity contribution < 1.29 is 9.00 Å². The lowest BCUT2D eigenvalue weighted by atomic mass is 10.2. The number of hydrogen-bond acceptors (Lipinski definition) is 4. The minimum Gasteiger partial charge on any atom is -0.341 e. The summed E-state index contributed by atoms with van der Waals surface area (Å²) in [6, 6.07) is 7.31. The van der Waals surface area contributed by atoms with Gasteiger partial charge in [0.15, 0.2) is 0 Å². The molecule has 1 heterocycles. The Morgan fingerprint density at radius 2 is 2.13 bits per heavy atom. The zero-order valence-electron chi connectivity index (χ0n) is 13.3. The molecule has 1 aromatic carbocycles. The number of carbonyl (C=O) groups excluding carboxylic acids is 1. The van der Waals surface area contributed by atoms with Gasteiger partial charge in [-0.15, -0.1) is 10.2 Å². The Morgan fingerprint density at radius 1 is 1.39 bits per heavy atom. The number of hydrogen-bond donors (Lipinski definition) is 0. The number of benzene rings is 1. The number of rotatable bonds is 6. The maximum absolute atomic E-state index is 12.4. The van der Waals surface area contributed by atoms with Crippen molar-refractivity contribution in [1.29, 1.82) is 0 Å². The summed E-state index contributed by atoms with van der Waals surface area (Å²) >= 11 is 5.94. The van der Waals surface area contributed by atoms with Gasteiger partial charge in [0.05, 0.1) is 0 Å². The van der Waals surface area contributed by atoms with Crippen LogP contribution in [0, 0.1) is 6.92 Å². The van der Waals surface area contributed by atoms with E-state index in [1.54, 1.807) is 30.7 Å². The molecule has 6 nitrogen and oxygen atoms in total. The molecule has 0 aliphatic rings. The van der Waals surface area contributed by atoms with Crippen LogP contribution >= 0.6 is 11.6 Å². The van der Waals surface area contributed by atoms with Gasteiger partial charge in [-0.1, -0.05) is 23.7 Å². The summed E-state index contributed by atoms with van der Waals surface area (Å²) in [5, 5.41) is 8.80. The van der Waals surface area contributed by atoms with Crippen molar-refractivity contribution in [3.63, 3.8) is 0 Å². The molecular formula is C15H19ClN4O2S. The summed E-state index contributed by atoms with van der Waals surface area (Å²) in [7, 11) is 0.162. The Morgan fingerprint density at radius 3 is 2.78 bits per heavy atom. The van der Waals surface area contributed by atoms with Gasteiger partial charge in [-0.25, -0.2) is 0 Å². The van der Waals surface area contributed by atoms with E-state index in [-0.39, 0.29) is 11.7 Å². The Bertz CT molecular complexity index is 732. The molecule has 0 spiro atoms. The fourth-order valence-electron chi connectivity index (χ4n) is 2.18. The van der Waals surface area contributed by atoms with E-state index < -0.39 is 10.8 Å². The van der Waals surface area contributed by atoms with E-state index in [9.17, 15) is 9.00 Å². The summed E-state index contributed by atoms with van der Waals surface area (Å²) < 4.78 is 14.1. The third kappa shape index (κ3) is 4.39. The third-order valence-corrected chi connectivity index (χ3v) is 4.86. The van der Waals surface area contributed by atoms with E-state index in [2.05, 4.69) is 10.2 Å². The highest BCUT2D eigenvalue weighted by molar-refractivity contribution is 7.85. The zero-order valence-corrected chi connectivity index (χ0v) is 14.9. The summed E-state index contributed by atoms with van der Waals surface area (Å²) in [5.41, 5.74) is 0.923. The highest BCUT2D eigenvalue weighted by Crippen LogP contribution is 2.13. The predicted molar refractivity (Wildman–Crippen MR) is 89.6 cm³/mol. The van der Waals surface area contributed by atoms with Crippen molar-refractivity contribution in [3.8, 4) is 0 Å². The minimum atomic E-state index is -1.51. The molecule has 124 valence electrons. The van der Waals surface area contributed by atoms with Gasteiger partial charge in [0.2, 0.25) is 11.1 Å². The molecule has 0 aliphatic heterocycles. The van der Waals surface area contributed by atoms with Gasteiger partial charge in [-0.2, -0.15) is 0 Å². The first-order valence-corrected chi connectivity index (χ1v) is 8.88. The summed E-state index contributed by atoms with van der Waals surface area (Å²) in [6.07, 6.45) is 0. The van der Waals surface area contributed by atoms with E-state index in [0.717, 1.165) is 5.56 Å². The first kappa shape index (κ1) is 17.6. The molecule has 1 amide bonds. The van der Waals surface area contributed by atoms with Gasteiger partial charge in [0, 0.05) is 25.2 Å². The number of halogens is 1. The van der Waals surface area contributed by atoms with Crippen LogP contribution in [0.15, 0.2) is 29.4 Å². The molecule has 1 unspecified atom stereocenters. The monoisotopic (exact) mass is 354 g/mol. The molecular weight excluding hydrogens is 336 g/mol. The number of amides is 1. The largest absolute Gasteiger partial charge is 0.341 e. The van der Waals surface area contributed by atoms with E-state index in [4.69, 9.17) is 11.6 Å². The SMILES string of the molecule is CCn1c(C)nnc1S(=O)CC(=O)N(C)Cc1cccc(Cl)c1. The van der Waals surface area contributed by atoms with Crippen LogP contribution in [0.25, 0.3) is 0 Å². The summed E-state index contributed by atoms with van der Waals surface area (Å²) in [4.78, 5) is 13.8. The van der Waals surface area contributed by atoms with E-state index >= 15 is 0 Å². The average molecular weight is 355 g/mol. The topological polar surface area (TPSA) is 68.1 Å². The number of aryl methyl sites for hydroxylation is 1. The van der Waals surface area contributed by atoms with Crippen molar-refractivity contribution in [2.75, 3.05) is 12.8 Å². The lowest BCUT2D eigenvalue weighted by molar-refractivity contribution is -0.127. The molecule has 2 aromatic rings. The maximum Gasteiger partial charge on any atom is 0.235 e. The molecule has 1 aromatic heterocycles. The number of aromatic nitrogens is 3. The molecule has 8 heteroatoms. The Kier molecular flexibility index (Phi) is 5.90. The van der Waals surface area contributed by atoms with Gasteiger partial charge in [-0.05, 0) is 31.5 Å². The molecule has 2 rings (SSSR count). The predicted octanol–water partition coefficient (Wildman–Crippen LogP) is 2.03. The Balaban J connectivity index is 2.01. The smallest absolute Gasteiger partial charge is 0.235 e. The minimum absolute atomic E-state index is 0.116. The average Bonchev–Trinajstić information content (AvgIpc) is 2.88. The van der Waals surface area contributed by atoms with Gasteiger partial charge < -0.3 is 9.47 Å². The van der Waals surface area contributed by atoms with Crippen molar-refractivity contribution in [2.45, 2.75) is 32.1 Å². The van der Waals surface area contributed by atoms with Gasteiger partial charge in [0.1, 0.15) is 22.4 Å². The van der Waals surface area contributed by atoms with E-state index in [1.807, 2.05) is 19.1 Å². The molecule has 23 heavy (non-hydrogen) atoms. The molecule has 0 N–H and O–H groups in total. The first-order chi connectivity index (χ1) is 10.9. The first-order valence-electron chi connectivity index (χ1n) is 7.19. The molecule has 0 bridgehead atoms. The van der Waals surface area contributed by atoms with Crippen molar-refractivity contribution in [3.05, 3.63) is 40.7 Å². The second-order valence-corrected chi connectivity index (χ2v) is 6.92. The number of nitrogens with zero attached hydrogens (tertiary/aromatic N) is 4. The highest BCUT2D eigenvalue weighted by Gasteiger charge is 2.20. The lowest BCUT2D eigenvalue weighted by Crippen LogP contribution is -2.31. The fourth-order valence-corrected chi connectivity index (χ4v) is 3.60. The molecule has 0 saturated heterocycles. The zero-order chi connectivity index (χ0) is 17.0. The van der Waals surface area contributed by atoms with Crippen LogP contribution < -0.4 is 0 Å². The van der Waals surface area contributed by atoms with Crippen LogP contribution in [-0.2, 0) is 28.7 Å². The van der Waals surface area contributed by atoms with Crippen molar-refractivity contribution in [2.24, 2.45) is 0 Å². The standard InChI is InChI=1S/C15H19ClN4O2S/c1-4-20-11(2)17-18-15(20)23(22)10-14(21)19(3)9-12-6-5-7-13(16)8-12/h5-8H,4,9-10H2,1-3H3. The van der Waals surface area contributed by atoms with Crippen LogP contribution in [0.3, 0.4) is 0 Å². The third-order valence-electron chi connectivity index (χ3n) is 3.41. The summed E-state index contributed by atoms with van der Waals surface area (Å²) in [6.45, 7) is 4.75. The van der Waals surface area contributed by atoms with Crippen LogP contribution in [0.1, 0.15) is 18.3 Å². The molecule has 0 fully saturated rings. The second kappa shape index (κ2) is 7.70. The maximum atomic E-state index is 12.4. The van der Waals surface area contributed by atoms with Crippen LogP contribution in [0.2, 0.25) is 5.02 Å². The van der Waals surface area contributed by atoms with Crippen molar-refractivity contribution in [1.82, 2.24) is 19.7 Å². The van der Waals surface area contributed by atoms with Gasteiger partial charge >= 0.3 is 0 Å². The van der Waals surface area contributed by atoms with Crippen LogP contribution in [-0.4, -0.2) is 42.6 Å². The lowest BCUT2D eigenvalue weighted by Gasteiger charge is -2.17. The van der Waals surface area contributed by atoms with Crippen molar-refractivity contribution >= 4 is 28.3 Å². The molecule has 0 saturated carbocycles. The highest BCUT2D eigenvalue weighted by atomic mass is 35.5. The Labute approximate surface area is 142 Å². The normalized spacial score (nSPS) is 12.2. The molecule has 0 aliphatic carbocycles. The summed E-state index contributed by atoms with van der Waals surface area (Å²) in [5.74, 6) is 0.358. The fraction of sp³-hybridized carbons (Fsp3) is 0.400. The van der Waals surface area contributed by atoms with Crippen LogP contribution in [0.5, 0.6) is 0 Å². The molecule has 1 atom stereocenters. The van der Waals surface area contributed by atoms with E-state index in [0.29, 0.717) is 29.1 Å². The van der Waals surface area contributed by atoms with E-state index in [1.165, 1.54) is 4.90 Å². The number of carbonyl (C=O) groups is 1. The quantitative estimate of drug-likeness (QED) is 0.796. The second-order valence-electron chi connectivity index (χ2n) is 5.14. The van der Waals surface area contributed by atoms with Gasteiger partial charge in [-0.3, -0.25) is 9.00 Å². The van der Waals surface area contributed by atoms with Gasteiger partial charge in [0.25, 0.3) is 0 Å².